The third kappa shape index (κ3) is 0.916. The molecular weight excluding hydrogens is 142 g/mol. The zero-order chi connectivity index (χ0) is 7.95. The van der Waals surface area contributed by atoms with E-state index in [1.807, 2.05) is 0 Å². The molecule has 3 N–H and O–H groups in total. The summed E-state index contributed by atoms with van der Waals surface area (Å²) in [5.41, 5.74) is -0.0536. The van der Waals surface area contributed by atoms with Gasteiger partial charge in [0.25, 0.3) is 0 Å². The van der Waals surface area contributed by atoms with Gasteiger partial charge in [0.1, 0.15) is 0 Å². The molecule has 0 aromatic rings. The van der Waals surface area contributed by atoms with Gasteiger partial charge in [0.2, 0.25) is 0 Å². The average molecular weight is 157 g/mol. The topological polar surface area (TPSA) is 52.5 Å². The van der Waals surface area contributed by atoms with Crippen molar-refractivity contribution in [1.82, 2.24) is 5.32 Å². The Morgan fingerprint density at radius 2 is 1.55 bits per heavy atom. The van der Waals surface area contributed by atoms with Crippen LogP contribution in [0.1, 0.15) is 25.7 Å². The van der Waals surface area contributed by atoms with Crippen LogP contribution in [0.15, 0.2) is 0 Å². The van der Waals surface area contributed by atoms with E-state index in [0.717, 1.165) is 25.7 Å². The van der Waals surface area contributed by atoms with Gasteiger partial charge < -0.3 is 15.5 Å². The van der Waals surface area contributed by atoms with Crippen molar-refractivity contribution >= 4 is 0 Å². The minimum atomic E-state index is -0.0268. The lowest BCUT2D eigenvalue weighted by Crippen LogP contribution is -2.77. The number of hydrogen-bond acceptors (Lipinski definition) is 3. The lowest BCUT2D eigenvalue weighted by molar-refractivity contribution is -0.0727. The van der Waals surface area contributed by atoms with Gasteiger partial charge in [0.05, 0.1) is 13.2 Å². The Kier molecular flexibility index (Phi) is 1.50. The molecule has 2 saturated heterocycles. The van der Waals surface area contributed by atoms with E-state index in [4.69, 9.17) is 10.2 Å². The molecule has 1 saturated carbocycles. The molecule has 3 rings (SSSR count). The number of nitrogens with one attached hydrogen (secondary N) is 1. The summed E-state index contributed by atoms with van der Waals surface area (Å²) >= 11 is 0. The summed E-state index contributed by atoms with van der Waals surface area (Å²) in [6, 6.07) is 0. The van der Waals surface area contributed by atoms with Crippen LogP contribution in [0.4, 0.5) is 0 Å². The van der Waals surface area contributed by atoms with Crippen molar-refractivity contribution in [3.63, 3.8) is 0 Å². The Morgan fingerprint density at radius 1 is 1.09 bits per heavy atom. The van der Waals surface area contributed by atoms with Gasteiger partial charge in [-0.1, -0.05) is 0 Å². The molecule has 0 aromatic heterocycles. The minimum absolute atomic E-state index is 0.0268. The Hall–Kier alpha value is -0.120. The Bertz CT molecular complexity index is 147. The fourth-order valence-electron chi connectivity index (χ4n) is 2.61. The smallest absolute Gasteiger partial charge is 0.0614 e. The van der Waals surface area contributed by atoms with Crippen LogP contribution in [0.2, 0.25) is 0 Å². The van der Waals surface area contributed by atoms with Gasteiger partial charge in [-0.25, -0.2) is 0 Å². The van der Waals surface area contributed by atoms with E-state index in [1.54, 1.807) is 0 Å². The third-order valence-electron chi connectivity index (χ3n) is 3.12. The number of fused-ring (bicyclic) bond motifs is 2. The highest BCUT2D eigenvalue weighted by molar-refractivity contribution is 5.15. The van der Waals surface area contributed by atoms with Crippen molar-refractivity contribution in [3.05, 3.63) is 0 Å². The van der Waals surface area contributed by atoms with E-state index < -0.39 is 0 Å². The first-order valence-corrected chi connectivity index (χ1v) is 4.25. The molecule has 3 nitrogen and oxygen atoms in total. The fraction of sp³-hybridized carbons (Fsp3) is 1.00. The lowest BCUT2D eigenvalue weighted by Gasteiger charge is -2.60. The first-order valence-electron chi connectivity index (χ1n) is 4.25. The molecule has 3 aliphatic rings. The quantitative estimate of drug-likeness (QED) is 0.512. The molecule has 3 fully saturated rings. The van der Waals surface area contributed by atoms with Crippen LogP contribution in [0.3, 0.4) is 0 Å². The SMILES string of the molecule is OCC12CCCC(CO)(C1)N2. The predicted molar refractivity (Wildman–Crippen MR) is 41.2 cm³/mol. The van der Waals surface area contributed by atoms with Gasteiger partial charge in [-0.2, -0.15) is 0 Å². The van der Waals surface area contributed by atoms with Crippen molar-refractivity contribution in [3.8, 4) is 0 Å². The van der Waals surface area contributed by atoms with E-state index >= 15 is 0 Å². The predicted octanol–water partition coefficient (Wildman–Crippen LogP) is -0.374. The van der Waals surface area contributed by atoms with Gasteiger partial charge in [0, 0.05) is 11.1 Å². The van der Waals surface area contributed by atoms with Crippen molar-refractivity contribution in [2.45, 2.75) is 36.8 Å². The van der Waals surface area contributed by atoms with E-state index in [0.29, 0.717) is 0 Å². The molecule has 0 radical (unpaired) electrons. The second-order valence-corrected chi connectivity index (χ2v) is 4.03. The summed E-state index contributed by atoms with van der Waals surface area (Å²) in [6.07, 6.45) is 4.21. The molecule has 0 aromatic carbocycles. The first-order chi connectivity index (χ1) is 5.24. The third-order valence-corrected chi connectivity index (χ3v) is 3.12. The lowest BCUT2D eigenvalue weighted by atomic mass is 9.63. The van der Waals surface area contributed by atoms with Crippen molar-refractivity contribution in [2.75, 3.05) is 13.2 Å². The summed E-state index contributed by atoms with van der Waals surface area (Å²) in [5, 5.41) is 21.4. The average Bonchev–Trinajstić information content (AvgIpc) is 2.04. The maximum Gasteiger partial charge on any atom is 0.0614 e. The fourth-order valence-corrected chi connectivity index (χ4v) is 2.61. The highest BCUT2D eigenvalue weighted by Crippen LogP contribution is 2.45. The number of aliphatic hydroxyl groups excluding tert-OH is 2. The molecule has 2 atom stereocenters. The molecule has 0 amide bonds. The minimum Gasteiger partial charge on any atom is -0.394 e. The van der Waals surface area contributed by atoms with E-state index in [9.17, 15) is 0 Å². The molecule has 2 aliphatic heterocycles. The monoisotopic (exact) mass is 157 g/mol. The summed E-state index contributed by atoms with van der Waals surface area (Å²) < 4.78 is 0. The number of hydrogen-bond donors (Lipinski definition) is 3. The van der Waals surface area contributed by atoms with Gasteiger partial charge in [-0.15, -0.1) is 0 Å². The first kappa shape index (κ1) is 7.53. The molecule has 0 spiro atoms. The molecule has 2 heterocycles. The second kappa shape index (κ2) is 2.19. The van der Waals surface area contributed by atoms with E-state index in [-0.39, 0.29) is 24.3 Å². The number of rotatable bonds is 2. The van der Waals surface area contributed by atoms with Crippen molar-refractivity contribution < 1.29 is 10.2 Å². The van der Waals surface area contributed by atoms with Crippen LogP contribution in [0.5, 0.6) is 0 Å². The van der Waals surface area contributed by atoms with Crippen molar-refractivity contribution in [1.29, 1.82) is 0 Å². The molecule has 1 aliphatic carbocycles. The molecule has 2 bridgehead atoms. The van der Waals surface area contributed by atoms with Crippen LogP contribution in [-0.4, -0.2) is 34.5 Å². The Balaban J connectivity index is 2.05. The summed E-state index contributed by atoms with van der Waals surface area (Å²) in [5.74, 6) is 0. The zero-order valence-corrected chi connectivity index (χ0v) is 6.64. The van der Waals surface area contributed by atoms with Crippen LogP contribution < -0.4 is 5.32 Å². The summed E-state index contributed by atoms with van der Waals surface area (Å²) in [7, 11) is 0. The number of piperidine rings is 1. The Morgan fingerprint density at radius 3 is 1.91 bits per heavy atom. The van der Waals surface area contributed by atoms with Gasteiger partial charge in [-0.3, -0.25) is 0 Å². The summed E-state index contributed by atoms with van der Waals surface area (Å²) in [4.78, 5) is 0. The van der Waals surface area contributed by atoms with Crippen LogP contribution in [-0.2, 0) is 0 Å². The maximum atomic E-state index is 9.05. The van der Waals surface area contributed by atoms with Gasteiger partial charge in [-0.05, 0) is 25.7 Å². The van der Waals surface area contributed by atoms with Gasteiger partial charge >= 0.3 is 0 Å². The highest BCUT2D eigenvalue weighted by atomic mass is 16.3. The van der Waals surface area contributed by atoms with Crippen LogP contribution >= 0.6 is 0 Å². The van der Waals surface area contributed by atoms with E-state index in [1.165, 1.54) is 0 Å². The largest absolute Gasteiger partial charge is 0.394 e. The molecule has 11 heavy (non-hydrogen) atoms. The Labute approximate surface area is 66.4 Å². The molecule has 2 unspecified atom stereocenters. The maximum absolute atomic E-state index is 9.05. The number of aliphatic hydroxyl groups is 2. The van der Waals surface area contributed by atoms with Gasteiger partial charge in [0.15, 0.2) is 0 Å². The summed E-state index contributed by atoms with van der Waals surface area (Å²) in [6.45, 7) is 0.434. The molecule has 3 heteroatoms. The zero-order valence-electron chi connectivity index (χ0n) is 6.64. The standard InChI is InChI=1S/C8H15NO2/c10-5-7-2-1-3-8(4-7,6-11)9-7/h9-11H,1-6H2. The second-order valence-electron chi connectivity index (χ2n) is 4.03. The van der Waals surface area contributed by atoms with E-state index in [2.05, 4.69) is 5.32 Å². The normalized spacial score (nSPS) is 48.5. The van der Waals surface area contributed by atoms with Crippen LogP contribution in [0, 0.1) is 0 Å². The molecule has 64 valence electrons. The highest BCUT2D eigenvalue weighted by Gasteiger charge is 2.55. The molecular formula is C8H15NO2. The van der Waals surface area contributed by atoms with Crippen molar-refractivity contribution in [2.24, 2.45) is 0 Å². The van der Waals surface area contributed by atoms with Crippen LogP contribution in [0.25, 0.3) is 0 Å².